The van der Waals surface area contributed by atoms with E-state index in [1.807, 2.05) is 6.92 Å². The number of aliphatic hydroxyl groups is 1. The average Bonchev–Trinajstić information content (AvgIpc) is 2.35. The van der Waals surface area contributed by atoms with Crippen LogP contribution in [-0.4, -0.2) is 27.7 Å². The molecular formula is C12H18ClN3O. The van der Waals surface area contributed by atoms with Gasteiger partial charge in [-0.05, 0) is 19.8 Å². The summed E-state index contributed by atoms with van der Waals surface area (Å²) in [4.78, 5) is 8.15. The highest BCUT2D eigenvalue weighted by Gasteiger charge is 2.25. The van der Waals surface area contributed by atoms with Crippen LogP contribution in [0.3, 0.4) is 0 Å². The molecule has 94 valence electrons. The minimum absolute atomic E-state index is 0.232. The number of aromatic nitrogens is 2. The molecule has 2 rings (SSSR count). The van der Waals surface area contributed by atoms with Gasteiger partial charge in [0.05, 0.1) is 0 Å². The zero-order chi connectivity index (χ0) is 12.3. The molecule has 2 unspecified atom stereocenters. The third-order valence-corrected chi connectivity index (χ3v) is 3.87. The van der Waals surface area contributed by atoms with E-state index in [1.165, 1.54) is 19.2 Å². The van der Waals surface area contributed by atoms with Crippen molar-refractivity contribution in [2.75, 3.05) is 11.9 Å². The largest absolute Gasteiger partial charge is 0.396 e. The van der Waals surface area contributed by atoms with E-state index in [4.69, 9.17) is 11.6 Å². The van der Waals surface area contributed by atoms with Crippen molar-refractivity contribution in [2.45, 2.75) is 38.6 Å². The maximum absolute atomic E-state index is 9.36. The molecule has 1 aromatic heterocycles. The Kier molecular flexibility index (Phi) is 4.18. The molecule has 1 aromatic rings. The van der Waals surface area contributed by atoms with Crippen molar-refractivity contribution in [1.82, 2.24) is 9.97 Å². The lowest BCUT2D eigenvalue weighted by Crippen LogP contribution is -2.34. The Morgan fingerprint density at radius 2 is 2.18 bits per heavy atom. The Morgan fingerprint density at radius 1 is 1.41 bits per heavy atom. The van der Waals surface area contributed by atoms with Crippen LogP contribution in [0.4, 0.5) is 5.82 Å². The van der Waals surface area contributed by atoms with Crippen molar-refractivity contribution in [1.29, 1.82) is 0 Å². The first-order chi connectivity index (χ1) is 8.22. The van der Waals surface area contributed by atoms with Crippen LogP contribution in [0.25, 0.3) is 0 Å². The number of nitrogens with one attached hydrogen (secondary N) is 1. The normalized spacial score (nSPS) is 24.6. The molecule has 2 N–H and O–H groups in total. The van der Waals surface area contributed by atoms with Crippen LogP contribution in [0.5, 0.6) is 0 Å². The second-order valence-electron chi connectivity index (χ2n) is 4.62. The highest BCUT2D eigenvalue weighted by Crippen LogP contribution is 2.28. The zero-order valence-corrected chi connectivity index (χ0v) is 10.7. The van der Waals surface area contributed by atoms with E-state index in [0.717, 1.165) is 24.2 Å². The standard InChI is InChI=1S/C12H18ClN3O/c1-8-11(13)14-7-15-12(8)16-10-5-3-2-4-9(10)6-17/h7,9-10,17H,2-6H2,1H3,(H,14,15,16). The van der Waals surface area contributed by atoms with Crippen LogP contribution in [0, 0.1) is 12.8 Å². The van der Waals surface area contributed by atoms with Crippen molar-refractivity contribution in [3.8, 4) is 0 Å². The van der Waals surface area contributed by atoms with Crippen LogP contribution in [0.15, 0.2) is 6.33 Å². The summed E-state index contributed by atoms with van der Waals surface area (Å²) in [6.07, 6.45) is 6.02. The molecule has 0 spiro atoms. The fourth-order valence-electron chi connectivity index (χ4n) is 2.37. The molecule has 0 amide bonds. The molecule has 1 fully saturated rings. The summed E-state index contributed by atoms with van der Waals surface area (Å²) < 4.78 is 0. The van der Waals surface area contributed by atoms with E-state index in [-0.39, 0.29) is 6.61 Å². The summed E-state index contributed by atoms with van der Waals surface area (Å²) in [7, 11) is 0. The predicted octanol–water partition coefficient (Wildman–Crippen LogP) is 2.40. The number of hydrogen-bond donors (Lipinski definition) is 2. The number of hydrogen-bond acceptors (Lipinski definition) is 4. The van der Waals surface area contributed by atoms with Gasteiger partial charge in [-0.1, -0.05) is 24.4 Å². The SMILES string of the molecule is Cc1c(Cl)ncnc1NC1CCCCC1CO. The topological polar surface area (TPSA) is 58.0 Å². The first-order valence-electron chi connectivity index (χ1n) is 6.07. The van der Waals surface area contributed by atoms with Crippen LogP contribution >= 0.6 is 11.6 Å². The fourth-order valence-corrected chi connectivity index (χ4v) is 2.50. The van der Waals surface area contributed by atoms with E-state index >= 15 is 0 Å². The summed E-state index contributed by atoms with van der Waals surface area (Å²) in [6, 6.07) is 0.290. The van der Waals surface area contributed by atoms with E-state index in [0.29, 0.717) is 17.1 Å². The van der Waals surface area contributed by atoms with Crippen molar-refractivity contribution < 1.29 is 5.11 Å². The Balaban J connectivity index is 2.11. The van der Waals surface area contributed by atoms with Gasteiger partial charge in [0.1, 0.15) is 17.3 Å². The molecule has 1 aliphatic carbocycles. The first-order valence-corrected chi connectivity index (χ1v) is 6.44. The lowest BCUT2D eigenvalue weighted by molar-refractivity contribution is 0.178. The number of nitrogens with zero attached hydrogens (tertiary/aromatic N) is 2. The van der Waals surface area contributed by atoms with Crippen LogP contribution in [0.2, 0.25) is 5.15 Å². The number of anilines is 1. The third kappa shape index (κ3) is 2.87. The average molecular weight is 256 g/mol. The Hall–Kier alpha value is -0.870. The van der Waals surface area contributed by atoms with E-state index in [1.54, 1.807) is 0 Å². The van der Waals surface area contributed by atoms with Crippen molar-refractivity contribution >= 4 is 17.4 Å². The molecule has 5 heteroatoms. The van der Waals surface area contributed by atoms with Gasteiger partial charge in [-0.25, -0.2) is 9.97 Å². The molecule has 0 aromatic carbocycles. The zero-order valence-electron chi connectivity index (χ0n) is 9.99. The highest BCUT2D eigenvalue weighted by atomic mass is 35.5. The lowest BCUT2D eigenvalue weighted by Gasteiger charge is -2.31. The Morgan fingerprint density at radius 3 is 2.94 bits per heavy atom. The first kappa shape index (κ1) is 12.6. The number of rotatable bonds is 3. The molecule has 0 bridgehead atoms. The van der Waals surface area contributed by atoms with Crippen molar-refractivity contribution in [3.63, 3.8) is 0 Å². The Bertz CT molecular complexity index is 386. The number of aliphatic hydroxyl groups excluding tert-OH is 1. The summed E-state index contributed by atoms with van der Waals surface area (Å²) >= 11 is 5.96. The van der Waals surface area contributed by atoms with Gasteiger partial charge in [0.2, 0.25) is 0 Å². The van der Waals surface area contributed by atoms with E-state index < -0.39 is 0 Å². The van der Waals surface area contributed by atoms with E-state index in [9.17, 15) is 5.11 Å². The number of halogens is 1. The molecule has 2 atom stereocenters. The van der Waals surface area contributed by atoms with Crippen molar-refractivity contribution in [2.24, 2.45) is 5.92 Å². The second-order valence-corrected chi connectivity index (χ2v) is 4.97. The maximum Gasteiger partial charge on any atom is 0.137 e. The fraction of sp³-hybridized carbons (Fsp3) is 0.667. The minimum Gasteiger partial charge on any atom is -0.396 e. The van der Waals surface area contributed by atoms with Gasteiger partial charge < -0.3 is 10.4 Å². The van der Waals surface area contributed by atoms with Gasteiger partial charge in [-0.2, -0.15) is 0 Å². The molecule has 0 radical (unpaired) electrons. The van der Waals surface area contributed by atoms with Crippen LogP contribution in [-0.2, 0) is 0 Å². The molecule has 1 aliphatic rings. The summed E-state index contributed by atoms with van der Waals surface area (Å²) in [6.45, 7) is 2.14. The predicted molar refractivity (Wildman–Crippen MR) is 68.2 cm³/mol. The van der Waals surface area contributed by atoms with Gasteiger partial charge in [-0.3, -0.25) is 0 Å². The van der Waals surface area contributed by atoms with Gasteiger partial charge in [0.25, 0.3) is 0 Å². The molecule has 1 heterocycles. The van der Waals surface area contributed by atoms with Crippen LogP contribution in [0.1, 0.15) is 31.2 Å². The minimum atomic E-state index is 0.232. The van der Waals surface area contributed by atoms with Crippen molar-refractivity contribution in [3.05, 3.63) is 17.0 Å². The van der Waals surface area contributed by atoms with Gasteiger partial charge in [-0.15, -0.1) is 0 Å². The Labute approximate surface area is 106 Å². The summed E-state index contributed by atoms with van der Waals surface area (Å²) in [5.74, 6) is 1.10. The van der Waals surface area contributed by atoms with Crippen LogP contribution < -0.4 is 5.32 Å². The molecule has 4 nitrogen and oxygen atoms in total. The lowest BCUT2D eigenvalue weighted by atomic mass is 9.85. The molecule has 0 saturated heterocycles. The summed E-state index contributed by atoms with van der Waals surface area (Å²) in [5.41, 5.74) is 0.872. The van der Waals surface area contributed by atoms with Gasteiger partial charge in [0.15, 0.2) is 0 Å². The smallest absolute Gasteiger partial charge is 0.137 e. The quantitative estimate of drug-likeness (QED) is 0.815. The molecule has 1 saturated carbocycles. The monoisotopic (exact) mass is 255 g/mol. The highest BCUT2D eigenvalue weighted by molar-refractivity contribution is 6.30. The second kappa shape index (κ2) is 5.65. The van der Waals surface area contributed by atoms with E-state index in [2.05, 4.69) is 15.3 Å². The molecule has 17 heavy (non-hydrogen) atoms. The molecular weight excluding hydrogens is 238 g/mol. The summed E-state index contributed by atoms with van der Waals surface area (Å²) in [5, 5.41) is 13.2. The maximum atomic E-state index is 9.36. The third-order valence-electron chi connectivity index (χ3n) is 3.49. The molecule has 0 aliphatic heterocycles. The van der Waals surface area contributed by atoms with Gasteiger partial charge in [0, 0.05) is 24.1 Å². The van der Waals surface area contributed by atoms with Gasteiger partial charge >= 0.3 is 0 Å².